The van der Waals surface area contributed by atoms with Gasteiger partial charge >= 0.3 is 0 Å². The molecule has 0 spiro atoms. The van der Waals surface area contributed by atoms with E-state index in [1.165, 1.54) is 5.57 Å². The van der Waals surface area contributed by atoms with E-state index >= 15 is 0 Å². The van der Waals surface area contributed by atoms with Crippen molar-refractivity contribution in [1.29, 1.82) is 0 Å². The van der Waals surface area contributed by atoms with Crippen LogP contribution in [0.1, 0.15) is 40.7 Å². The van der Waals surface area contributed by atoms with Gasteiger partial charge in [0, 0.05) is 24.7 Å². The minimum absolute atomic E-state index is 0.186. The zero-order chi connectivity index (χ0) is 20.7. The fourth-order valence-electron chi connectivity index (χ4n) is 3.68. The Morgan fingerprint density at radius 3 is 2.72 bits per heavy atom. The Morgan fingerprint density at radius 2 is 1.93 bits per heavy atom. The zero-order valence-corrected chi connectivity index (χ0v) is 17.6. The van der Waals surface area contributed by atoms with E-state index in [1.807, 2.05) is 49.7 Å². The molecule has 0 fully saturated rings. The van der Waals surface area contributed by atoms with Gasteiger partial charge in [-0.3, -0.25) is 15.1 Å². The lowest BCUT2D eigenvalue weighted by molar-refractivity contribution is -0.491. The fourth-order valence-corrected chi connectivity index (χ4v) is 3.68. The highest BCUT2D eigenvalue weighted by atomic mass is 16.1. The summed E-state index contributed by atoms with van der Waals surface area (Å²) in [5, 5.41) is 2.96. The molecule has 29 heavy (non-hydrogen) atoms. The number of hydrogen-bond donors (Lipinski definition) is 1. The summed E-state index contributed by atoms with van der Waals surface area (Å²) in [7, 11) is 3.97. The van der Waals surface area contributed by atoms with Crippen molar-refractivity contribution in [1.82, 2.24) is 14.5 Å². The molecular formula is C23H26N5O+. The molecule has 0 saturated heterocycles. The summed E-state index contributed by atoms with van der Waals surface area (Å²) in [6.07, 6.45) is 3.11. The lowest BCUT2D eigenvalue weighted by Gasteiger charge is -2.13. The number of pyridine rings is 1. The molecule has 2 aromatic heterocycles. The Hall–Kier alpha value is -3.28. The molecule has 148 valence electrons. The SMILES string of the molecule is CC1=C(c2cc(C(=O)Nc3nc4ccc(C)cc4n3C)cc(C)n2)C=[N+](C)CC1. The van der Waals surface area contributed by atoms with Gasteiger partial charge in [0.05, 0.1) is 22.3 Å². The lowest BCUT2D eigenvalue weighted by atomic mass is 9.99. The van der Waals surface area contributed by atoms with E-state index in [0.717, 1.165) is 46.5 Å². The number of aromatic nitrogens is 3. The number of rotatable bonds is 3. The number of nitrogens with one attached hydrogen (secondary N) is 1. The fraction of sp³-hybridized carbons (Fsp3) is 0.304. The van der Waals surface area contributed by atoms with Gasteiger partial charge in [-0.1, -0.05) is 11.6 Å². The second-order valence-corrected chi connectivity index (χ2v) is 7.88. The number of hydrogen-bond acceptors (Lipinski definition) is 3. The minimum Gasteiger partial charge on any atom is -0.313 e. The van der Waals surface area contributed by atoms with Crippen molar-refractivity contribution in [3.05, 3.63) is 58.4 Å². The largest absolute Gasteiger partial charge is 0.313 e. The molecule has 0 saturated carbocycles. The van der Waals surface area contributed by atoms with Crippen LogP contribution in [0.25, 0.3) is 16.6 Å². The molecule has 1 aliphatic rings. The number of fused-ring (bicyclic) bond motifs is 1. The molecule has 1 aliphatic heterocycles. The van der Waals surface area contributed by atoms with Crippen LogP contribution in [-0.2, 0) is 7.05 Å². The van der Waals surface area contributed by atoms with Gasteiger partial charge in [0.25, 0.3) is 5.91 Å². The van der Waals surface area contributed by atoms with Gasteiger partial charge in [0.2, 0.25) is 5.95 Å². The third kappa shape index (κ3) is 3.70. The number of amides is 1. The summed E-state index contributed by atoms with van der Waals surface area (Å²) >= 11 is 0. The number of allylic oxidation sites excluding steroid dienone is 1. The molecule has 3 aromatic rings. The molecular weight excluding hydrogens is 362 g/mol. The van der Waals surface area contributed by atoms with Crippen LogP contribution in [0.4, 0.5) is 5.95 Å². The Kier molecular flexibility index (Phi) is 4.78. The van der Waals surface area contributed by atoms with Gasteiger partial charge in [-0.05, 0) is 50.6 Å². The van der Waals surface area contributed by atoms with Gasteiger partial charge in [-0.2, -0.15) is 0 Å². The number of aryl methyl sites for hydroxylation is 3. The number of benzene rings is 1. The Balaban J connectivity index is 1.68. The molecule has 1 amide bonds. The Bertz CT molecular complexity index is 1200. The van der Waals surface area contributed by atoms with E-state index in [0.29, 0.717) is 11.5 Å². The molecule has 6 nitrogen and oxygen atoms in total. The van der Waals surface area contributed by atoms with Crippen molar-refractivity contribution in [3.8, 4) is 0 Å². The monoisotopic (exact) mass is 388 g/mol. The highest BCUT2D eigenvalue weighted by molar-refractivity contribution is 6.10. The quantitative estimate of drug-likeness (QED) is 0.696. The van der Waals surface area contributed by atoms with Crippen LogP contribution in [0, 0.1) is 13.8 Å². The second-order valence-electron chi connectivity index (χ2n) is 7.88. The summed E-state index contributed by atoms with van der Waals surface area (Å²) < 4.78 is 4.07. The third-order valence-electron chi connectivity index (χ3n) is 5.40. The zero-order valence-electron chi connectivity index (χ0n) is 17.6. The number of nitrogens with zero attached hydrogens (tertiary/aromatic N) is 4. The first-order valence-corrected chi connectivity index (χ1v) is 9.80. The molecule has 0 bridgehead atoms. The molecule has 6 heteroatoms. The Labute approximate surface area is 170 Å². The normalized spacial score (nSPS) is 14.3. The molecule has 1 N–H and O–H groups in total. The van der Waals surface area contributed by atoms with Gasteiger partial charge in [-0.15, -0.1) is 0 Å². The van der Waals surface area contributed by atoms with Crippen molar-refractivity contribution in [2.45, 2.75) is 27.2 Å². The maximum atomic E-state index is 13.0. The first-order chi connectivity index (χ1) is 13.8. The number of imidazole rings is 1. The number of carbonyl (C=O) groups is 1. The first-order valence-electron chi connectivity index (χ1n) is 9.80. The molecule has 0 aliphatic carbocycles. The van der Waals surface area contributed by atoms with Crippen molar-refractivity contribution < 1.29 is 9.37 Å². The maximum absolute atomic E-state index is 13.0. The molecule has 0 unspecified atom stereocenters. The van der Waals surface area contributed by atoms with Crippen LogP contribution in [0.3, 0.4) is 0 Å². The minimum atomic E-state index is -0.186. The van der Waals surface area contributed by atoms with Gasteiger partial charge in [0.15, 0.2) is 6.21 Å². The van der Waals surface area contributed by atoms with Crippen LogP contribution in [-0.4, -0.2) is 44.8 Å². The van der Waals surface area contributed by atoms with Crippen LogP contribution in [0.5, 0.6) is 0 Å². The average Bonchev–Trinajstić information content (AvgIpc) is 2.98. The predicted octanol–water partition coefficient (Wildman–Crippen LogP) is 3.73. The Morgan fingerprint density at radius 1 is 1.14 bits per heavy atom. The predicted molar refractivity (Wildman–Crippen MR) is 117 cm³/mol. The van der Waals surface area contributed by atoms with Gasteiger partial charge in [-0.25, -0.2) is 9.56 Å². The van der Waals surface area contributed by atoms with Gasteiger partial charge < -0.3 is 4.57 Å². The van der Waals surface area contributed by atoms with E-state index < -0.39 is 0 Å². The smallest absolute Gasteiger partial charge is 0.258 e. The summed E-state index contributed by atoms with van der Waals surface area (Å²) in [5.41, 5.74) is 7.62. The number of anilines is 1. The summed E-state index contributed by atoms with van der Waals surface area (Å²) in [6.45, 7) is 7.09. The summed E-state index contributed by atoms with van der Waals surface area (Å²) in [4.78, 5) is 22.3. The topological polar surface area (TPSA) is 62.8 Å². The van der Waals surface area contributed by atoms with E-state index in [9.17, 15) is 4.79 Å². The van der Waals surface area contributed by atoms with Gasteiger partial charge in [0.1, 0.15) is 13.6 Å². The van der Waals surface area contributed by atoms with Crippen LogP contribution >= 0.6 is 0 Å². The molecule has 0 atom stereocenters. The van der Waals surface area contributed by atoms with E-state index in [1.54, 1.807) is 0 Å². The second kappa shape index (κ2) is 7.28. The molecule has 0 radical (unpaired) electrons. The van der Waals surface area contributed by atoms with Crippen molar-refractivity contribution in [3.63, 3.8) is 0 Å². The van der Waals surface area contributed by atoms with Crippen LogP contribution < -0.4 is 5.32 Å². The van der Waals surface area contributed by atoms with Crippen LogP contribution in [0.2, 0.25) is 0 Å². The van der Waals surface area contributed by atoms with Crippen molar-refractivity contribution >= 4 is 34.7 Å². The first kappa shape index (κ1) is 19.1. The van der Waals surface area contributed by atoms with E-state index in [4.69, 9.17) is 0 Å². The summed E-state index contributed by atoms with van der Waals surface area (Å²) in [6, 6.07) is 9.74. The van der Waals surface area contributed by atoms with E-state index in [-0.39, 0.29) is 5.91 Å². The van der Waals surface area contributed by atoms with Crippen molar-refractivity contribution in [2.75, 3.05) is 18.9 Å². The molecule has 3 heterocycles. The highest BCUT2D eigenvalue weighted by Gasteiger charge is 2.19. The lowest BCUT2D eigenvalue weighted by Crippen LogP contribution is -2.18. The molecule has 4 rings (SSSR count). The molecule has 1 aromatic carbocycles. The summed E-state index contributed by atoms with van der Waals surface area (Å²) in [5.74, 6) is 0.347. The average molecular weight is 388 g/mol. The van der Waals surface area contributed by atoms with Crippen LogP contribution in [0.15, 0.2) is 35.9 Å². The number of carbonyl (C=O) groups excluding carboxylic acids is 1. The van der Waals surface area contributed by atoms with Crippen molar-refractivity contribution in [2.24, 2.45) is 7.05 Å². The van der Waals surface area contributed by atoms with E-state index in [2.05, 4.69) is 46.1 Å². The maximum Gasteiger partial charge on any atom is 0.258 e. The highest BCUT2D eigenvalue weighted by Crippen LogP contribution is 2.23. The standard InChI is InChI=1S/C23H25N5O/c1-14-6-7-19-21(10-14)28(5)23(25-19)26-22(29)17-11-16(3)24-20(12-17)18-13-27(4)9-8-15(18)2/h6-7,10-13H,8-9H2,1-5H3/p+1. The third-order valence-corrected chi connectivity index (χ3v) is 5.40.